The Labute approximate surface area is 139 Å². The van der Waals surface area contributed by atoms with E-state index in [-0.39, 0.29) is 11.7 Å². The second-order valence-corrected chi connectivity index (χ2v) is 6.89. The van der Waals surface area contributed by atoms with Crippen LogP contribution < -0.4 is 0 Å². The van der Waals surface area contributed by atoms with Gasteiger partial charge in [-0.2, -0.15) is 0 Å². The normalized spacial score (nSPS) is 23.2. The number of piperazine rings is 1. The zero-order valence-electron chi connectivity index (χ0n) is 14.1. The molecule has 0 aromatic heterocycles. The Hall–Kier alpha value is -1.23. The molecule has 2 fully saturated rings. The van der Waals surface area contributed by atoms with E-state index >= 15 is 0 Å². The Balaban J connectivity index is 1.71. The van der Waals surface area contributed by atoms with E-state index in [1.54, 1.807) is 0 Å². The zero-order chi connectivity index (χ0) is 16.3. The Morgan fingerprint density at radius 3 is 2.26 bits per heavy atom. The highest BCUT2D eigenvalue weighted by Crippen LogP contribution is 2.43. The fourth-order valence-electron chi connectivity index (χ4n) is 3.73. The molecule has 1 unspecified atom stereocenters. The first-order valence-electron chi connectivity index (χ1n) is 8.90. The van der Waals surface area contributed by atoms with Crippen molar-refractivity contribution in [3.8, 4) is 0 Å². The van der Waals surface area contributed by atoms with E-state index in [0.717, 1.165) is 57.5 Å². The first-order chi connectivity index (χ1) is 11.1. The van der Waals surface area contributed by atoms with Gasteiger partial charge in [0.15, 0.2) is 11.4 Å². The lowest BCUT2D eigenvalue weighted by Crippen LogP contribution is -2.53. The van der Waals surface area contributed by atoms with Crippen LogP contribution in [-0.4, -0.2) is 60.0 Å². The van der Waals surface area contributed by atoms with Crippen LogP contribution in [-0.2, 0) is 10.4 Å². The van der Waals surface area contributed by atoms with Crippen molar-refractivity contribution in [2.75, 3.05) is 39.3 Å². The molecule has 23 heavy (non-hydrogen) atoms. The largest absolute Gasteiger partial charge is 0.377 e. The molecule has 126 valence electrons. The molecule has 0 amide bonds. The van der Waals surface area contributed by atoms with Crippen molar-refractivity contribution >= 4 is 5.78 Å². The van der Waals surface area contributed by atoms with Crippen LogP contribution in [0.4, 0.5) is 0 Å². The molecular formula is C19H28N2O2. The van der Waals surface area contributed by atoms with Gasteiger partial charge in [0.2, 0.25) is 0 Å². The third-order valence-corrected chi connectivity index (χ3v) is 5.61. The molecule has 1 aliphatic heterocycles. The van der Waals surface area contributed by atoms with Crippen molar-refractivity contribution in [1.82, 2.24) is 9.80 Å². The molecule has 3 rings (SSSR count). The standard InChI is InChI=1S/C19H28N2O2/c1-2-20-11-13-21(14-12-20)15-18(22)19(23,17-9-6-10-17)16-7-4-3-5-8-16/h3-5,7-8,17,23H,2,6,9-15H2,1H3. The maximum Gasteiger partial charge on any atom is 0.183 e. The van der Waals surface area contributed by atoms with E-state index in [4.69, 9.17) is 0 Å². The minimum absolute atomic E-state index is 0.0293. The minimum atomic E-state index is -1.30. The molecule has 1 aliphatic carbocycles. The zero-order valence-corrected chi connectivity index (χ0v) is 14.1. The van der Waals surface area contributed by atoms with Gasteiger partial charge in [-0.15, -0.1) is 0 Å². The Kier molecular flexibility index (Phi) is 5.14. The second kappa shape index (κ2) is 7.12. The summed E-state index contributed by atoms with van der Waals surface area (Å²) in [6, 6.07) is 9.54. The van der Waals surface area contributed by atoms with Gasteiger partial charge in [-0.25, -0.2) is 0 Å². The van der Waals surface area contributed by atoms with Gasteiger partial charge in [0.25, 0.3) is 0 Å². The number of aliphatic hydroxyl groups is 1. The fourth-order valence-corrected chi connectivity index (χ4v) is 3.73. The van der Waals surface area contributed by atoms with Crippen molar-refractivity contribution in [3.63, 3.8) is 0 Å². The number of ketones is 1. The predicted octanol–water partition coefficient (Wildman–Crippen LogP) is 1.88. The summed E-state index contributed by atoms with van der Waals surface area (Å²) in [5, 5.41) is 11.3. The van der Waals surface area contributed by atoms with Crippen LogP contribution >= 0.6 is 0 Å². The smallest absolute Gasteiger partial charge is 0.183 e. The van der Waals surface area contributed by atoms with Crippen LogP contribution in [0, 0.1) is 5.92 Å². The highest BCUT2D eigenvalue weighted by atomic mass is 16.3. The number of hydrogen-bond acceptors (Lipinski definition) is 4. The maximum atomic E-state index is 13.0. The highest BCUT2D eigenvalue weighted by molar-refractivity contribution is 5.90. The molecule has 1 atom stereocenters. The molecule has 1 aromatic carbocycles. The molecule has 1 aromatic rings. The van der Waals surface area contributed by atoms with E-state index in [2.05, 4.69) is 16.7 Å². The Bertz CT molecular complexity index is 521. The quantitative estimate of drug-likeness (QED) is 0.870. The van der Waals surface area contributed by atoms with Gasteiger partial charge in [0.1, 0.15) is 0 Å². The number of carbonyl (C=O) groups excluding carboxylic acids is 1. The van der Waals surface area contributed by atoms with Crippen LogP contribution in [0.3, 0.4) is 0 Å². The monoisotopic (exact) mass is 316 g/mol. The number of nitrogens with zero attached hydrogens (tertiary/aromatic N) is 2. The first kappa shape index (κ1) is 16.6. The third kappa shape index (κ3) is 3.35. The van der Waals surface area contributed by atoms with Gasteiger partial charge in [-0.1, -0.05) is 43.7 Å². The van der Waals surface area contributed by atoms with Crippen molar-refractivity contribution in [3.05, 3.63) is 35.9 Å². The van der Waals surface area contributed by atoms with E-state index in [0.29, 0.717) is 6.54 Å². The van der Waals surface area contributed by atoms with Crippen LogP contribution in [0.15, 0.2) is 30.3 Å². The predicted molar refractivity (Wildman–Crippen MR) is 91.2 cm³/mol. The summed E-state index contributed by atoms with van der Waals surface area (Å²) < 4.78 is 0. The lowest BCUT2D eigenvalue weighted by Gasteiger charge is -2.42. The van der Waals surface area contributed by atoms with Crippen LogP contribution in [0.2, 0.25) is 0 Å². The van der Waals surface area contributed by atoms with Crippen molar-refractivity contribution < 1.29 is 9.90 Å². The molecule has 2 aliphatic rings. The molecule has 0 bridgehead atoms. The average Bonchev–Trinajstić information content (AvgIpc) is 2.54. The molecule has 4 nitrogen and oxygen atoms in total. The van der Waals surface area contributed by atoms with Gasteiger partial charge in [-0.3, -0.25) is 9.69 Å². The van der Waals surface area contributed by atoms with Gasteiger partial charge in [-0.05, 0) is 30.9 Å². The maximum absolute atomic E-state index is 13.0. The molecule has 0 spiro atoms. The van der Waals surface area contributed by atoms with Gasteiger partial charge in [0.05, 0.1) is 6.54 Å². The van der Waals surface area contributed by atoms with Gasteiger partial charge in [0, 0.05) is 26.2 Å². The summed E-state index contributed by atoms with van der Waals surface area (Å²) in [5.41, 5.74) is -0.539. The lowest BCUT2D eigenvalue weighted by molar-refractivity contribution is -0.151. The SMILES string of the molecule is CCN1CCN(CC(=O)C(O)(c2ccccc2)C2CCC2)CC1. The summed E-state index contributed by atoms with van der Waals surface area (Å²) in [5.74, 6) is 0.0488. The van der Waals surface area contributed by atoms with Crippen molar-refractivity contribution in [2.24, 2.45) is 5.92 Å². The summed E-state index contributed by atoms with van der Waals surface area (Å²) in [4.78, 5) is 17.6. The van der Waals surface area contributed by atoms with E-state index in [1.165, 1.54) is 0 Å². The molecule has 1 saturated carbocycles. The number of benzene rings is 1. The lowest BCUT2D eigenvalue weighted by atomic mass is 9.67. The summed E-state index contributed by atoms with van der Waals surface area (Å²) in [7, 11) is 0. The number of rotatable bonds is 6. The minimum Gasteiger partial charge on any atom is -0.377 e. The summed E-state index contributed by atoms with van der Waals surface area (Å²) in [6.45, 7) is 7.45. The van der Waals surface area contributed by atoms with Crippen LogP contribution in [0.5, 0.6) is 0 Å². The van der Waals surface area contributed by atoms with Gasteiger partial charge >= 0.3 is 0 Å². The summed E-state index contributed by atoms with van der Waals surface area (Å²) in [6.07, 6.45) is 3.00. The molecule has 0 radical (unpaired) electrons. The van der Waals surface area contributed by atoms with Crippen LogP contribution in [0.1, 0.15) is 31.7 Å². The topological polar surface area (TPSA) is 43.8 Å². The van der Waals surface area contributed by atoms with Crippen LogP contribution in [0.25, 0.3) is 0 Å². The molecule has 1 saturated heterocycles. The Morgan fingerprint density at radius 2 is 1.74 bits per heavy atom. The molecule has 1 heterocycles. The number of carbonyl (C=O) groups is 1. The average molecular weight is 316 g/mol. The van der Waals surface area contributed by atoms with E-state index in [9.17, 15) is 9.90 Å². The number of Topliss-reactive ketones (excluding diaryl/α,β-unsaturated/α-hetero) is 1. The van der Waals surface area contributed by atoms with Gasteiger partial charge < -0.3 is 10.0 Å². The van der Waals surface area contributed by atoms with Crippen molar-refractivity contribution in [1.29, 1.82) is 0 Å². The third-order valence-electron chi connectivity index (χ3n) is 5.61. The van der Waals surface area contributed by atoms with E-state index in [1.807, 2.05) is 30.3 Å². The van der Waals surface area contributed by atoms with Crippen molar-refractivity contribution in [2.45, 2.75) is 31.8 Å². The number of likely N-dealkylation sites (N-methyl/N-ethyl adjacent to an activating group) is 1. The first-order valence-corrected chi connectivity index (χ1v) is 8.90. The molecular weight excluding hydrogens is 288 g/mol. The molecule has 1 N–H and O–H groups in total. The summed E-state index contributed by atoms with van der Waals surface area (Å²) >= 11 is 0. The van der Waals surface area contributed by atoms with E-state index < -0.39 is 5.60 Å². The Morgan fingerprint density at radius 1 is 1.13 bits per heavy atom. The number of hydrogen-bond donors (Lipinski definition) is 1. The molecule has 4 heteroatoms. The fraction of sp³-hybridized carbons (Fsp3) is 0.632. The highest BCUT2D eigenvalue weighted by Gasteiger charge is 2.47. The second-order valence-electron chi connectivity index (χ2n) is 6.89.